The van der Waals surface area contributed by atoms with Crippen molar-refractivity contribution < 1.29 is 24.2 Å². The molecule has 1 aliphatic rings. The summed E-state index contributed by atoms with van der Waals surface area (Å²) in [4.78, 5) is 21.9. The summed E-state index contributed by atoms with van der Waals surface area (Å²) in [5.41, 5.74) is 0. The lowest BCUT2D eigenvalue weighted by molar-refractivity contribution is -0.139. The minimum Gasteiger partial charge on any atom is -0.481 e. The van der Waals surface area contributed by atoms with Crippen molar-refractivity contribution in [2.75, 3.05) is 26.8 Å². The molecule has 2 unspecified atom stereocenters. The van der Waals surface area contributed by atoms with Crippen molar-refractivity contribution in [3.8, 4) is 0 Å². The summed E-state index contributed by atoms with van der Waals surface area (Å²) in [6.45, 7) is 1.39. The Bertz CT molecular complexity index is 279. The van der Waals surface area contributed by atoms with E-state index in [1.165, 1.54) is 7.11 Å². The predicted molar refractivity (Wildman–Crippen MR) is 63.4 cm³/mol. The molecular formula is C11H20N2O5. The summed E-state index contributed by atoms with van der Waals surface area (Å²) in [5.74, 6) is -0.955. The number of amides is 2. The number of rotatable bonds is 7. The van der Waals surface area contributed by atoms with E-state index in [1.807, 2.05) is 0 Å². The molecule has 104 valence electrons. The van der Waals surface area contributed by atoms with E-state index in [0.717, 1.165) is 19.4 Å². The van der Waals surface area contributed by atoms with Crippen LogP contribution in [0.3, 0.4) is 0 Å². The van der Waals surface area contributed by atoms with Crippen molar-refractivity contribution >= 4 is 12.0 Å². The van der Waals surface area contributed by atoms with Crippen LogP contribution in [-0.4, -0.2) is 56.1 Å². The summed E-state index contributed by atoms with van der Waals surface area (Å²) >= 11 is 0. The highest BCUT2D eigenvalue weighted by Gasteiger charge is 2.17. The average molecular weight is 260 g/mol. The van der Waals surface area contributed by atoms with Crippen molar-refractivity contribution in [1.82, 2.24) is 10.6 Å². The number of aliphatic carboxylic acids is 1. The number of methoxy groups -OCH3 is 1. The van der Waals surface area contributed by atoms with E-state index < -0.39 is 12.1 Å². The van der Waals surface area contributed by atoms with E-state index in [9.17, 15) is 9.59 Å². The third kappa shape index (κ3) is 5.83. The molecule has 1 rings (SSSR count). The van der Waals surface area contributed by atoms with Crippen molar-refractivity contribution in [2.45, 2.75) is 31.5 Å². The smallest absolute Gasteiger partial charge is 0.314 e. The van der Waals surface area contributed by atoms with Crippen LogP contribution in [0.1, 0.15) is 19.3 Å². The van der Waals surface area contributed by atoms with Gasteiger partial charge in [-0.2, -0.15) is 0 Å². The second-order valence-electron chi connectivity index (χ2n) is 4.18. The van der Waals surface area contributed by atoms with E-state index in [2.05, 4.69) is 10.6 Å². The molecule has 0 saturated carbocycles. The Balaban J connectivity index is 2.12. The normalized spacial score (nSPS) is 20.4. The van der Waals surface area contributed by atoms with Crippen LogP contribution in [0, 0.1) is 0 Å². The van der Waals surface area contributed by atoms with Gasteiger partial charge in [0.1, 0.15) is 0 Å². The SMILES string of the molecule is COC(CNC(=O)NCC1CCCO1)CC(=O)O. The first-order valence-electron chi connectivity index (χ1n) is 5.99. The number of carboxylic acid groups (broad SMARTS) is 1. The van der Waals surface area contributed by atoms with Crippen LogP contribution < -0.4 is 10.6 Å². The highest BCUT2D eigenvalue weighted by atomic mass is 16.5. The predicted octanol–water partition coefficient (Wildman–Crippen LogP) is -0.0457. The number of carbonyl (C=O) groups is 2. The fraction of sp³-hybridized carbons (Fsp3) is 0.818. The number of carbonyl (C=O) groups excluding carboxylic acids is 1. The van der Waals surface area contributed by atoms with Crippen molar-refractivity contribution in [3.05, 3.63) is 0 Å². The monoisotopic (exact) mass is 260 g/mol. The molecule has 1 heterocycles. The molecule has 18 heavy (non-hydrogen) atoms. The molecule has 1 saturated heterocycles. The summed E-state index contributed by atoms with van der Waals surface area (Å²) in [6.07, 6.45) is 1.42. The molecule has 3 N–H and O–H groups in total. The summed E-state index contributed by atoms with van der Waals surface area (Å²) < 4.78 is 10.3. The Kier molecular flexibility index (Phi) is 6.45. The van der Waals surface area contributed by atoms with Gasteiger partial charge in [-0.15, -0.1) is 0 Å². The third-order valence-corrected chi connectivity index (χ3v) is 2.74. The number of ether oxygens (including phenoxy) is 2. The molecule has 1 fully saturated rings. The molecule has 0 radical (unpaired) electrons. The number of nitrogens with one attached hydrogen (secondary N) is 2. The second-order valence-corrected chi connectivity index (χ2v) is 4.18. The fourth-order valence-corrected chi connectivity index (χ4v) is 1.71. The number of hydrogen-bond donors (Lipinski definition) is 3. The highest BCUT2D eigenvalue weighted by Crippen LogP contribution is 2.10. The van der Waals surface area contributed by atoms with E-state index in [4.69, 9.17) is 14.6 Å². The number of hydrogen-bond acceptors (Lipinski definition) is 4. The lowest BCUT2D eigenvalue weighted by Crippen LogP contribution is -2.43. The first-order chi connectivity index (χ1) is 8.61. The van der Waals surface area contributed by atoms with Gasteiger partial charge in [-0.3, -0.25) is 4.79 Å². The van der Waals surface area contributed by atoms with Crippen LogP contribution in [-0.2, 0) is 14.3 Å². The molecule has 1 aliphatic heterocycles. The van der Waals surface area contributed by atoms with Crippen molar-refractivity contribution in [3.63, 3.8) is 0 Å². The minimum atomic E-state index is -0.955. The molecule has 7 heteroatoms. The van der Waals surface area contributed by atoms with Gasteiger partial charge in [0.05, 0.1) is 18.6 Å². The topological polar surface area (TPSA) is 96.9 Å². The van der Waals surface area contributed by atoms with Crippen LogP contribution in [0.2, 0.25) is 0 Å². The fourth-order valence-electron chi connectivity index (χ4n) is 1.71. The lowest BCUT2D eigenvalue weighted by atomic mass is 10.2. The molecular weight excluding hydrogens is 240 g/mol. The Hall–Kier alpha value is -1.34. The molecule has 0 aromatic rings. The van der Waals surface area contributed by atoms with Gasteiger partial charge in [0, 0.05) is 26.8 Å². The first kappa shape index (κ1) is 14.7. The van der Waals surface area contributed by atoms with Gasteiger partial charge in [-0.1, -0.05) is 0 Å². The molecule has 0 aromatic carbocycles. The Morgan fingerprint density at radius 2 is 2.28 bits per heavy atom. The second kappa shape index (κ2) is 7.88. The summed E-state index contributed by atoms with van der Waals surface area (Å²) in [7, 11) is 1.42. The largest absolute Gasteiger partial charge is 0.481 e. The molecule has 2 atom stereocenters. The maximum Gasteiger partial charge on any atom is 0.314 e. The Morgan fingerprint density at radius 1 is 1.50 bits per heavy atom. The first-order valence-corrected chi connectivity index (χ1v) is 5.99. The van der Waals surface area contributed by atoms with Crippen molar-refractivity contribution in [2.24, 2.45) is 0 Å². The maximum absolute atomic E-state index is 11.4. The van der Waals surface area contributed by atoms with Gasteiger partial charge in [0.2, 0.25) is 0 Å². The quantitative estimate of drug-likeness (QED) is 0.596. The number of urea groups is 1. The molecule has 0 aliphatic carbocycles. The zero-order chi connectivity index (χ0) is 13.4. The van der Waals surface area contributed by atoms with Crippen LogP contribution in [0.25, 0.3) is 0 Å². The van der Waals surface area contributed by atoms with Gasteiger partial charge in [-0.25, -0.2) is 4.79 Å². The van der Waals surface area contributed by atoms with E-state index in [0.29, 0.717) is 6.54 Å². The molecule has 0 spiro atoms. The summed E-state index contributed by atoms with van der Waals surface area (Å²) in [6, 6.07) is -0.335. The maximum atomic E-state index is 11.4. The van der Waals surface area contributed by atoms with Gasteiger partial charge in [-0.05, 0) is 12.8 Å². The van der Waals surface area contributed by atoms with Gasteiger partial charge in [0.25, 0.3) is 0 Å². The zero-order valence-electron chi connectivity index (χ0n) is 10.5. The molecule has 7 nitrogen and oxygen atoms in total. The van der Waals surface area contributed by atoms with Crippen LogP contribution in [0.4, 0.5) is 4.79 Å². The average Bonchev–Trinajstić information content (AvgIpc) is 2.84. The number of carboxylic acids is 1. The van der Waals surface area contributed by atoms with E-state index in [1.54, 1.807) is 0 Å². The van der Waals surface area contributed by atoms with Crippen LogP contribution >= 0.6 is 0 Å². The Morgan fingerprint density at radius 3 is 2.83 bits per heavy atom. The van der Waals surface area contributed by atoms with E-state index >= 15 is 0 Å². The molecule has 2 amide bonds. The highest BCUT2D eigenvalue weighted by molar-refractivity contribution is 5.74. The Labute approximate surface area is 106 Å². The molecule has 0 bridgehead atoms. The van der Waals surface area contributed by atoms with Gasteiger partial charge < -0.3 is 25.2 Å². The van der Waals surface area contributed by atoms with Crippen LogP contribution in [0.15, 0.2) is 0 Å². The van der Waals surface area contributed by atoms with Crippen molar-refractivity contribution in [1.29, 1.82) is 0 Å². The molecule has 0 aromatic heterocycles. The van der Waals surface area contributed by atoms with E-state index in [-0.39, 0.29) is 25.1 Å². The minimum absolute atomic E-state index is 0.0907. The van der Waals surface area contributed by atoms with Crippen LogP contribution in [0.5, 0.6) is 0 Å². The standard InChI is InChI=1S/C11H20N2O5/c1-17-9(5-10(14)15)7-13-11(16)12-6-8-3-2-4-18-8/h8-9H,2-7H2,1H3,(H,14,15)(H2,12,13,16). The third-order valence-electron chi connectivity index (χ3n) is 2.74. The lowest BCUT2D eigenvalue weighted by Gasteiger charge is -2.15. The van der Waals surface area contributed by atoms with Gasteiger partial charge in [0.15, 0.2) is 0 Å². The van der Waals surface area contributed by atoms with Gasteiger partial charge >= 0.3 is 12.0 Å². The zero-order valence-corrected chi connectivity index (χ0v) is 10.5. The summed E-state index contributed by atoms with van der Waals surface area (Å²) in [5, 5.41) is 13.9.